The molecule has 0 aromatic rings. The van der Waals surface area contributed by atoms with Crippen LogP contribution < -0.4 is 0 Å². The molecule has 1 aliphatic rings. The third-order valence-corrected chi connectivity index (χ3v) is 2.31. The van der Waals surface area contributed by atoms with Crippen molar-refractivity contribution in [3.63, 3.8) is 0 Å². The molecule has 0 aliphatic carbocycles. The van der Waals surface area contributed by atoms with Gasteiger partial charge in [-0.3, -0.25) is 9.69 Å². The van der Waals surface area contributed by atoms with E-state index in [1.54, 1.807) is 0 Å². The summed E-state index contributed by atoms with van der Waals surface area (Å²) < 4.78 is 10.2. The number of methoxy groups -OCH3 is 1. The summed E-state index contributed by atoms with van der Waals surface area (Å²) in [6, 6.07) is 0. The highest BCUT2D eigenvalue weighted by Gasteiger charge is 2.25. The van der Waals surface area contributed by atoms with E-state index in [2.05, 4.69) is 0 Å². The molecule has 1 heterocycles. The van der Waals surface area contributed by atoms with E-state index in [1.165, 1.54) is 7.11 Å². The van der Waals surface area contributed by atoms with Crippen molar-refractivity contribution in [3.05, 3.63) is 0 Å². The fraction of sp³-hybridized carbons (Fsp3) is 0.900. The first-order valence-corrected chi connectivity index (χ1v) is 5.15. The Kier molecular flexibility index (Phi) is 5.17. The van der Waals surface area contributed by atoms with E-state index < -0.39 is 0 Å². The van der Waals surface area contributed by atoms with Crippen LogP contribution in [-0.4, -0.2) is 68.0 Å². The number of ether oxygens (including phenoxy) is 2. The molecule has 88 valence electrons. The Morgan fingerprint density at radius 1 is 1.60 bits per heavy atom. The summed E-state index contributed by atoms with van der Waals surface area (Å²) in [4.78, 5) is 13.3. The lowest BCUT2D eigenvalue weighted by Gasteiger charge is -2.35. The summed E-state index contributed by atoms with van der Waals surface area (Å²) in [5, 5.41) is 9.00. The molecule has 0 amide bonds. The quantitative estimate of drug-likeness (QED) is 0.659. The maximum Gasteiger partial charge on any atom is 0.172 e. The SMILES string of the molecule is COCC(=O)CN1CC(C)OC(CO)C1. The van der Waals surface area contributed by atoms with E-state index >= 15 is 0 Å². The predicted octanol–water partition coefficient (Wildman–Crippen LogP) is -0.716. The molecular formula is C10H19NO4. The minimum atomic E-state index is -0.177. The Hall–Kier alpha value is -0.490. The minimum Gasteiger partial charge on any atom is -0.394 e. The molecule has 1 rings (SSSR count). The Bertz CT molecular complexity index is 210. The molecule has 1 aliphatic heterocycles. The van der Waals surface area contributed by atoms with Crippen molar-refractivity contribution >= 4 is 5.78 Å². The molecule has 2 atom stereocenters. The van der Waals surface area contributed by atoms with Crippen LogP contribution in [0.5, 0.6) is 0 Å². The van der Waals surface area contributed by atoms with E-state index in [0.717, 1.165) is 6.54 Å². The topological polar surface area (TPSA) is 59.0 Å². The van der Waals surface area contributed by atoms with Gasteiger partial charge in [-0.2, -0.15) is 0 Å². The van der Waals surface area contributed by atoms with E-state index in [1.807, 2.05) is 11.8 Å². The fourth-order valence-corrected chi connectivity index (χ4v) is 1.83. The van der Waals surface area contributed by atoms with Gasteiger partial charge in [0.15, 0.2) is 5.78 Å². The number of aliphatic hydroxyl groups is 1. The van der Waals surface area contributed by atoms with E-state index in [-0.39, 0.29) is 31.2 Å². The maximum absolute atomic E-state index is 11.3. The van der Waals surface area contributed by atoms with Gasteiger partial charge in [-0.1, -0.05) is 0 Å². The van der Waals surface area contributed by atoms with Crippen LogP contribution >= 0.6 is 0 Å². The Labute approximate surface area is 90.0 Å². The van der Waals surface area contributed by atoms with Crippen LogP contribution in [0.3, 0.4) is 0 Å². The first kappa shape index (κ1) is 12.6. The standard InChI is InChI=1S/C10H19NO4/c1-8-3-11(4-9(13)7-14-2)5-10(6-12)15-8/h8,10,12H,3-7H2,1-2H3. The first-order valence-electron chi connectivity index (χ1n) is 5.15. The lowest BCUT2D eigenvalue weighted by molar-refractivity contribution is -0.129. The number of nitrogens with zero attached hydrogens (tertiary/aromatic N) is 1. The van der Waals surface area contributed by atoms with Gasteiger partial charge in [-0.15, -0.1) is 0 Å². The summed E-state index contributed by atoms with van der Waals surface area (Å²) in [6.07, 6.45) is -0.115. The van der Waals surface area contributed by atoms with Gasteiger partial charge < -0.3 is 14.6 Å². The van der Waals surface area contributed by atoms with Crippen LogP contribution in [0.2, 0.25) is 0 Å². The number of carbonyl (C=O) groups excluding carboxylic acids is 1. The third-order valence-electron chi connectivity index (χ3n) is 2.31. The molecule has 0 radical (unpaired) electrons. The van der Waals surface area contributed by atoms with Gasteiger partial charge >= 0.3 is 0 Å². The largest absolute Gasteiger partial charge is 0.394 e. The Morgan fingerprint density at radius 3 is 2.93 bits per heavy atom. The second-order valence-corrected chi connectivity index (χ2v) is 3.92. The van der Waals surface area contributed by atoms with Crippen LogP contribution in [0.25, 0.3) is 0 Å². The van der Waals surface area contributed by atoms with Gasteiger partial charge in [0.2, 0.25) is 0 Å². The first-order chi connectivity index (χ1) is 7.15. The molecule has 1 fully saturated rings. The van der Waals surface area contributed by atoms with Crippen LogP contribution in [0.1, 0.15) is 6.92 Å². The van der Waals surface area contributed by atoms with Crippen LogP contribution in [0.15, 0.2) is 0 Å². The molecule has 0 aromatic heterocycles. The molecule has 1 N–H and O–H groups in total. The molecular weight excluding hydrogens is 198 g/mol. The number of carbonyl (C=O) groups is 1. The minimum absolute atomic E-state index is 0.000686. The van der Waals surface area contributed by atoms with Crippen molar-refractivity contribution in [1.29, 1.82) is 0 Å². The molecule has 15 heavy (non-hydrogen) atoms. The number of morpholine rings is 1. The Balaban J connectivity index is 2.37. The van der Waals surface area contributed by atoms with Crippen molar-refractivity contribution < 1.29 is 19.4 Å². The molecule has 0 saturated carbocycles. The zero-order chi connectivity index (χ0) is 11.3. The maximum atomic E-state index is 11.3. The average molecular weight is 217 g/mol. The smallest absolute Gasteiger partial charge is 0.172 e. The highest BCUT2D eigenvalue weighted by atomic mass is 16.5. The Morgan fingerprint density at radius 2 is 2.33 bits per heavy atom. The molecule has 2 unspecified atom stereocenters. The molecule has 1 saturated heterocycles. The number of ketones is 1. The molecule has 0 aromatic carbocycles. The molecule has 0 spiro atoms. The summed E-state index contributed by atoms with van der Waals surface area (Å²) in [6.45, 7) is 3.80. The summed E-state index contributed by atoms with van der Waals surface area (Å²) >= 11 is 0. The van der Waals surface area contributed by atoms with Gasteiger partial charge in [0.05, 0.1) is 25.4 Å². The van der Waals surface area contributed by atoms with Crippen LogP contribution in [-0.2, 0) is 14.3 Å². The van der Waals surface area contributed by atoms with Crippen molar-refractivity contribution in [2.24, 2.45) is 0 Å². The van der Waals surface area contributed by atoms with E-state index in [4.69, 9.17) is 14.6 Å². The summed E-state index contributed by atoms with van der Waals surface area (Å²) in [7, 11) is 1.51. The van der Waals surface area contributed by atoms with Crippen molar-refractivity contribution in [3.8, 4) is 0 Å². The van der Waals surface area contributed by atoms with Crippen molar-refractivity contribution in [2.75, 3.05) is 40.0 Å². The number of hydrogen-bond acceptors (Lipinski definition) is 5. The highest BCUT2D eigenvalue weighted by molar-refractivity contribution is 5.81. The average Bonchev–Trinajstić information content (AvgIpc) is 2.17. The lowest BCUT2D eigenvalue weighted by Crippen LogP contribution is -2.49. The van der Waals surface area contributed by atoms with Crippen molar-refractivity contribution in [1.82, 2.24) is 4.90 Å². The summed E-state index contributed by atoms with van der Waals surface area (Å²) in [5.74, 6) is 0.0586. The zero-order valence-electron chi connectivity index (χ0n) is 9.31. The molecule has 5 nitrogen and oxygen atoms in total. The van der Waals surface area contributed by atoms with Crippen LogP contribution in [0.4, 0.5) is 0 Å². The molecule has 0 bridgehead atoms. The second-order valence-electron chi connectivity index (χ2n) is 3.92. The normalized spacial score (nSPS) is 27.9. The van der Waals surface area contributed by atoms with Gasteiger partial charge in [-0.05, 0) is 6.92 Å². The van der Waals surface area contributed by atoms with Crippen molar-refractivity contribution in [2.45, 2.75) is 19.1 Å². The predicted molar refractivity (Wildman–Crippen MR) is 54.7 cm³/mol. The van der Waals surface area contributed by atoms with E-state index in [0.29, 0.717) is 13.1 Å². The highest BCUT2D eigenvalue weighted by Crippen LogP contribution is 2.10. The van der Waals surface area contributed by atoms with Gasteiger partial charge in [0, 0.05) is 20.2 Å². The van der Waals surface area contributed by atoms with Gasteiger partial charge in [0.1, 0.15) is 6.61 Å². The lowest BCUT2D eigenvalue weighted by atomic mass is 10.2. The number of Topliss-reactive ketones (excluding diaryl/α,β-unsaturated/α-hetero) is 1. The van der Waals surface area contributed by atoms with E-state index in [9.17, 15) is 4.79 Å². The van der Waals surface area contributed by atoms with Gasteiger partial charge in [0.25, 0.3) is 0 Å². The third kappa shape index (κ3) is 4.25. The fourth-order valence-electron chi connectivity index (χ4n) is 1.83. The summed E-state index contributed by atoms with van der Waals surface area (Å²) in [5.41, 5.74) is 0. The monoisotopic (exact) mass is 217 g/mol. The molecule has 5 heteroatoms. The number of aliphatic hydroxyl groups excluding tert-OH is 1. The van der Waals surface area contributed by atoms with Crippen LogP contribution in [0, 0.1) is 0 Å². The van der Waals surface area contributed by atoms with Gasteiger partial charge in [-0.25, -0.2) is 0 Å². The number of hydrogen-bond donors (Lipinski definition) is 1. The number of rotatable bonds is 5. The zero-order valence-corrected chi connectivity index (χ0v) is 9.31. The second kappa shape index (κ2) is 6.17.